The Kier molecular flexibility index (Phi) is 3.59. The Hall–Kier alpha value is -1.83. The van der Waals surface area contributed by atoms with Crippen LogP contribution in [0, 0.1) is 0 Å². The molecule has 0 fully saturated rings. The van der Waals surface area contributed by atoms with Gasteiger partial charge < -0.3 is 4.74 Å². The molecule has 4 nitrogen and oxygen atoms in total. The molecule has 0 atom stereocenters. The third-order valence-electron chi connectivity index (χ3n) is 2.65. The molecule has 0 amide bonds. The van der Waals surface area contributed by atoms with E-state index in [0.29, 0.717) is 0 Å². The Morgan fingerprint density at radius 1 is 1.30 bits per heavy atom. The molecule has 0 bridgehead atoms. The van der Waals surface area contributed by atoms with Gasteiger partial charge in [0.25, 0.3) is 0 Å². The highest BCUT2D eigenvalue weighted by Gasteiger charge is 2.31. The summed E-state index contributed by atoms with van der Waals surface area (Å²) in [4.78, 5) is 3.76. The van der Waals surface area contributed by atoms with E-state index in [1.807, 2.05) is 0 Å². The van der Waals surface area contributed by atoms with E-state index in [0.717, 1.165) is 12.1 Å². The normalized spacial score (nSPS) is 17.6. The lowest BCUT2D eigenvalue weighted by molar-refractivity contribution is -0.137. The lowest BCUT2D eigenvalue weighted by atomic mass is 10.2. The Balaban J connectivity index is 2.10. The van der Waals surface area contributed by atoms with Crippen LogP contribution in [0.25, 0.3) is 0 Å². The minimum absolute atomic E-state index is 0.0673. The summed E-state index contributed by atoms with van der Waals surface area (Å²) in [6.45, 7) is 0.980. The summed E-state index contributed by atoms with van der Waals surface area (Å²) in [5.41, 5.74) is -0.861. The molecule has 1 aliphatic rings. The highest BCUT2D eigenvalue weighted by atomic mass is 32.2. The fourth-order valence-corrected chi connectivity index (χ4v) is 2.48. The van der Waals surface area contributed by atoms with E-state index in [2.05, 4.69) is 4.99 Å². The molecule has 108 valence electrons. The second kappa shape index (κ2) is 4.93. The van der Waals surface area contributed by atoms with Gasteiger partial charge in [-0.3, -0.25) is 0 Å². The summed E-state index contributed by atoms with van der Waals surface area (Å²) in [7, 11) is -3.61. The van der Waals surface area contributed by atoms with E-state index < -0.39 is 28.2 Å². The molecule has 0 N–H and O–H groups in total. The molecule has 0 radical (unpaired) electrons. The van der Waals surface area contributed by atoms with Crippen molar-refractivity contribution in [2.45, 2.75) is 13.1 Å². The number of ether oxygens (including phenoxy) is 1. The summed E-state index contributed by atoms with van der Waals surface area (Å²) >= 11 is 0. The quantitative estimate of drug-likeness (QED) is 0.863. The number of rotatable bonds is 3. The van der Waals surface area contributed by atoms with E-state index >= 15 is 0 Å². The highest BCUT2D eigenvalue weighted by Crippen LogP contribution is 2.31. The topological polar surface area (TPSA) is 55.7 Å². The summed E-state index contributed by atoms with van der Waals surface area (Å²) in [5, 5.41) is -0.215. The van der Waals surface area contributed by atoms with E-state index in [1.165, 1.54) is 25.3 Å². The van der Waals surface area contributed by atoms with Crippen molar-refractivity contribution < 1.29 is 26.3 Å². The number of benzene rings is 1. The van der Waals surface area contributed by atoms with Gasteiger partial charge in [-0.15, -0.1) is 0 Å². The van der Waals surface area contributed by atoms with Crippen LogP contribution in [0.4, 0.5) is 13.2 Å². The molecule has 20 heavy (non-hydrogen) atoms. The van der Waals surface area contributed by atoms with E-state index in [-0.39, 0.29) is 15.7 Å². The Labute approximate surface area is 113 Å². The first-order valence-corrected chi connectivity index (χ1v) is 6.98. The number of hydrogen-bond donors (Lipinski definition) is 0. The Morgan fingerprint density at radius 3 is 2.55 bits per heavy atom. The average Bonchev–Trinajstić information content (AvgIpc) is 2.61. The molecule has 1 heterocycles. The summed E-state index contributed by atoms with van der Waals surface area (Å²) < 4.78 is 65.9. The minimum atomic E-state index is -4.48. The van der Waals surface area contributed by atoms with E-state index in [1.54, 1.807) is 0 Å². The number of aliphatic imine (C=N–C) groups is 1. The maximum atomic E-state index is 12.5. The van der Waals surface area contributed by atoms with Gasteiger partial charge in [0.05, 0.1) is 10.5 Å². The molecule has 1 aromatic rings. The number of sulfone groups is 1. The molecule has 2 rings (SSSR count). The molecule has 0 unspecified atom stereocenters. The van der Waals surface area contributed by atoms with Crippen molar-refractivity contribution in [1.82, 2.24) is 0 Å². The Bertz CT molecular complexity index is 690. The predicted molar refractivity (Wildman–Crippen MR) is 67.1 cm³/mol. The fraction of sp³-hybridized carbons (Fsp3) is 0.250. The summed E-state index contributed by atoms with van der Waals surface area (Å²) in [5.74, 6) is -0.0673. The van der Waals surface area contributed by atoms with Crippen molar-refractivity contribution in [3.63, 3.8) is 0 Å². The number of halogens is 3. The van der Waals surface area contributed by atoms with Crippen LogP contribution in [-0.4, -0.2) is 20.1 Å². The smallest absolute Gasteiger partial charge is 0.416 e. The molecular weight excluding hydrogens is 295 g/mol. The molecule has 0 saturated carbocycles. The number of hydrogen-bond acceptors (Lipinski definition) is 4. The standard InChI is InChI=1S/C12H10F3NO3S/c1-8-6-16-11(20(8,17)18)7-19-10-4-2-3-9(5-10)12(13,14)15/h2-6H,7H2,1H3. The van der Waals surface area contributed by atoms with Crippen molar-refractivity contribution in [2.24, 2.45) is 4.99 Å². The summed E-state index contributed by atoms with van der Waals surface area (Å²) in [6.07, 6.45) is -3.30. The molecule has 0 aromatic heterocycles. The molecular formula is C12H10F3NO3S. The zero-order chi connectivity index (χ0) is 15.0. The van der Waals surface area contributed by atoms with E-state index in [9.17, 15) is 21.6 Å². The first-order valence-electron chi connectivity index (χ1n) is 5.50. The molecule has 0 spiro atoms. The van der Waals surface area contributed by atoms with Crippen molar-refractivity contribution in [3.8, 4) is 5.75 Å². The highest BCUT2D eigenvalue weighted by molar-refractivity contribution is 8.10. The van der Waals surface area contributed by atoms with Crippen molar-refractivity contribution in [3.05, 3.63) is 40.9 Å². The van der Waals surface area contributed by atoms with Gasteiger partial charge in [0.2, 0.25) is 9.84 Å². The maximum absolute atomic E-state index is 12.5. The zero-order valence-corrected chi connectivity index (χ0v) is 11.1. The molecule has 0 saturated heterocycles. The van der Waals surface area contributed by atoms with Gasteiger partial charge in [-0.05, 0) is 25.1 Å². The van der Waals surface area contributed by atoms with Crippen LogP contribution in [0.1, 0.15) is 12.5 Å². The van der Waals surface area contributed by atoms with Crippen molar-refractivity contribution in [2.75, 3.05) is 6.61 Å². The molecule has 1 aliphatic heterocycles. The monoisotopic (exact) mass is 305 g/mol. The second-order valence-electron chi connectivity index (χ2n) is 4.08. The van der Waals surface area contributed by atoms with Crippen LogP contribution in [0.15, 0.2) is 40.4 Å². The summed E-state index contributed by atoms with van der Waals surface area (Å²) in [6, 6.07) is 4.22. The second-order valence-corrected chi connectivity index (χ2v) is 6.20. The molecule has 0 aliphatic carbocycles. The largest absolute Gasteiger partial charge is 0.487 e. The maximum Gasteiger partial charge on any atom is 0.416 e. The van der Waals surface area contributed by atoms with Crippen LogP contribution >= 0.6 is 0 Å². The van der Waals surface area contributed by atoms with Gasteiger partial charge in [-0.1, -0.05) is 6.07 Å². The number of alkyl halides is 3. The van der Waals surface area contributed by atoms with Gasteiger partial charge in [0, 0.05) is 6.20 Å². The molecule has 8 heteroatoms. The van der Waals surface area contributed by atoms with Crippen LogP contribution in [0.5, 0.6) is 5.75 Å². The van der Waals surface area contributed by atoms with Crippen LogP contribution in [0.2, 0.25) is 0 Å². The number of nitrogens with zero attached hydrogens (tertiary/aromatic N) is 1. The van der Waals surface area contributed by atoms with E-state index in [4.69, 9.17) is 4.74 Å². The average molecular weight is 305 g/mol. The first kappa shape index (κ1) is 14.6. The fourth-order valence-electron chi connectivity index (χ4n) is 1.51. The third kappa shape index (κ3) is 2.84. The first-order chi connectivity index (χ1) is 9.21. The predicted octanol–water partition coefficient (Wildman–Crippen LogP) is 2.77. The van der Waals surface area contributed by atoms with Crippen molar-refractivity contribution >= 4 is 14.9 Å². The Morgan fingerprint density at radius 2 is 2.00 bits per heavy atom. The van der Waals surface area contributed by atoms with Crippen LogP contribution in [-0.2, 0) is 16.0 Å². The van der Waals surface area contributed by atoms with Crippen LogP contribution < -0.4 is 4.74 Å². The lowest BCUT2D eigenvalue weighted by Crippen LogP contribution is -2.20. The zero-order valence-electron chi connectivity index (χ0n) is 10.3. The SMILES string of the molecule is CC1=CN=C(COc2cccc(C(F)(F)F)c2)S1(=O)=O. The van der Waals surface area contributed by atoms with Gasteiger partial charge in [0.15, 0.2) is 5.04 Å². The van der Waals surface area contributed by atoms with Gasteiger partial charge >= 0.3 is 6.18 Å². The van der Waals surface area contributed by atoms with Gasteiger partial charge in [-0.2, -0.15) is 13.2 Å². The van der Waals surface area contributed by atoms with Gasteiger partial charge in [0.1, 0.15) is 12.4 Å². The van der Waals surface area contributed by atoms with Crippen molar-refractivity contribution in [1.29, 1.82) is 0 Å². The molecule has 1 aromatic carbocycles. The third-order valence-corrected chi connectivity index (χ3v) is 4.44. The number of allylic oxidation sites excluding steroid dienone is 1. The minimum Gasteiger partial charge on any atom is -0.487 e. The van der Waals surface area contributed by atoms with Crippen LogP contribution in [0.3, 0.4) is 0 Å². The lowest BCUT2D eigenvalue weighted by Gasteiger charge is -2.10. The van der Waals surface area contributed by atoms with Gasteiger partial charge in [-0.25, -0.2) is 13.4 Å².